The van der Waals surface area contributed by atoms with Crippen LogP contribution in [0.1, 0.15) is 34.1 Å². The molecule has 1 fully saturated rings. The molecule has 3 aromatic rings. The van der Waals surface area contributed by atoms with Crippen molar-refractivity contribution in [3.8, 4) is 5.75 Å². The Morgan fingerprint density at radius 1 is 1.24 bits per heavy atom. The van der Waals surface area contributed by atoms with E-state index in [-0.39, 0.29) is 17.8 Å². The maximum absolute atomic E-state index is 13.9. The first kappa shape index (κ1) is 16.1. The van der Waals surface area contributed by atoms with Crippen LogP contribution in [-0.4, -0.2) is 13.0 Å². The second-order valence-corrected chi connectivity index (χ2v) is 7.41. The lowest BCUT2D eigenvalue weighted by molar-refractivity contribution is 0.0936. The van der Waals surface area contributed by atoms with Gasteiger partial charge in [-0.25, -0.2) is 4.39 Å². The Labute approximate surface area is 149 Å². The van der Waals surface area contributed by atoms with Crippen molar-refractivity contribution in [2.24, 2.45) is 5.92 Å². The number of carbonyl (C=O) groups is 1. The van der Waals surface area contributed by atoms with Gasteiger partial charge in [0.2, 0.25) is 0 Å². The van der Waals surface area contributed by atoms with E-state index in [0.717, 1.165) is 28.9 Å². The van der Waals surface area contributed by atoms with Gasteiger partial charge in [-0.05, 0) is 54.7 Å². The lowest BCUT2D eigenvalue weighted by Gasteiger charge is -2.18. The summed E-state index contributed by atoms with van der Waals surface area (Å²) >= 11 is 1.32. The van der Waals surface area contributed by atoms with Crippen molar-refractivity contribution in [1.29, 1.82) is 0 Å². The highest BCUT2D eigenvalue weighted by Crippen LogP contribution is 2.41. The minimum Gasteiger partial charge on any atom is -0.497 e. The van der Waals surface area contributed by atoms with E-state index in [1.165, 1.54) is 17.4 Å². The van der Waals surface area contributed by atoms with E-state index in [9.17, 15) is 9.18 Å². The molecule has 0 radical (unpaired) electrons. The fraction of sp³-hybridized carbons (Fsp3) is 0.250. The van der Waals surface area contributed by atoms with E-state index >= 15 is 0 Å². The second-order valence-electron chi connectivity index (χ2n) is 6.32. The molecule has 1 unspecified atom stereocenters. The zero-order chi connectivity index (χ0) is 17.4. The van der Waals surface area contributed by atoms with Crippen molar-refractivity contribution < 1.29 is 13.9 Å². The Kier molecular flexibility index (Phi) is 4.17. The number of ether oxygens (including phenoxy) is 1. The first-order valence-corrected chi connectivity index (χ1v) is 9.10. The van der Waals surface area contributed by atoms with Gasteiger partial charge in [-0.2, -0.15) is 0 Å². The molecule has 1 atom stereocenters. The molecule has 3 nitrogen and oxygen atoms in total. The van der Waals surface area contributed by atoms with Gasteiger partial charge in [0.05, 0.1) is 18.0 Å². The fourth-order valence-corrected chi connectivity index (χ4v) is 4.04. The van der Waals surface area contributed by atoms with Crippen LogP contribution >= 0.6 is 11.3 Å². The molecule has 2 aromatic carbocycles. The summed E-state index contributed by atoms with van der Waals surface area (Å²) in [5.74, 6) is 0.822. The molecule has 5 heteroatoms. The van der Waals surface area contributed by atoms with Gasteiger partial charge < -0.3 is 10.1 Å². The van der Waals surface area contributed by atoms with Gasteiger partial charge in [-0.3, -0.25) is 4.79 Å². The van der Waals surface area contributed by atoms with Gasteiger partial charge in [0, 0.05) is 10.1 Å². The third-order valence-electron chi connectivity index (χ3n) is 4.59. The van der Waals surface area contributed by atoms with E-state index < -0.39 is 0 Å². The van der Waals surface area contributed by atoms with E-state index in [1.807, 2.05) is 30.3 Å². The van der Waals surface area contributed by atoms with Crippen molar-refractivity contribution in [2.75, 3.05) is 7.11 Å². The van der Waals surface area contributed by atoms with Crippen LogP contribution in [0.15, 0.2) is 48.5 Å². The fourth-order valence-electron chi connectivity index (χ4n) is 3.06. The molecule has 1 saturated carbocycles. The molecule has 25 heavy (non-hydrogen) atoms. The molecule has 1 amide bonds. The van der Waals surface area contributed by atoms with Crippen LogP contribution in [0.5, 0.6) is 5.75 Å². The molecule has 1 N–H and O–H groups in total. The zero-order valence-corrected chi connectivity index (χ0v) is 14.6. The number of thiophene rings is 1. The average molecular weight is 355 g/mol. The summed E-state index contributed by atoms with van der Waals surface area (Å²) in [7, 11) is 1.63. The predicted octanol–water partition coefficient (Wildman–Crippen LogP) is 4.93. The van der Waals surface area contributed by atoms with Crippen LogP contribution in [0, 0.1) is 11.7 Å². The topological polar surface area (TPSA) is 38.3 Å². The Balaban J connectivity index is 1.58. The lowest BCUT2D eigenvalue weighted by Crippen LogP contribution is -2.29. The molecule has 0 bridgehead atoms. The number of benzene rings is 2. The maximum Gasteiger partial charge on any atom is 0.261 e. The van der Waals surface area contributed by atoms with Crippen LogP contribution < -0.4 is 10.1 Å². The molecule has 1 heterocycles. The molecule has 128 valence electrons. The highest BCUT2D eigenvalue weighted by molar-refractivity contribution is 7.20. The lowest BCUT2D eigenvalue weighted by atomic mass is 10.0. The molecule has 0 aliphatic heterocycles. The van der Waals surface area contributed by atoms with E-state index in [0.29, 0.717) is 16.2 Å². The number of rotatable bonds is 5. The first-order valence-electron chi connectivity index (χ1n) is 8.28. The summed E-state index contributed by atoms with van der Waals surface area (Å²) < 4.78 is 19.9. The Morgan fingerprint density at radius 2 is 2.00 bits per heavy atom. The Morgan fingerprint density at radius 3 is 2.64 bits per heavy atom. The second kappa shape index (κ2) is 6.48. The number of methoxy groups -OCH3 is 1. The third kappa shape index (κ3) is 3.24. The number of hydrogen-bond acceptors (Lipinski definition) is 3. The minimum absolute atomic E-state index is 0.0199. The number of fused-ring (bicyclic) bond motifs is 1. The van der Waals surface area contributed by atoms with Gasteiger partial charge >= 0.3 is 0 Å². The smallest absolute Gasteiger partial charge is 0.261 e. The molecule has 0 spiro atoms. The van der Waals surface area contributed by atoms with Crippen LogP contribution in [-0.2, 0) is 0 Å². The molecular weight excluding hydrogens is 337 g/mol. The van der Waals surface area contributed by atoms with Gasteiger partial charge in [-0.15, -0.1) is 11.3 Å². The quantitative estimate of drug-likeness (QED) is 0.705. The largest absolute Gasteiger partial charge is 0.497 e. The molecule has 0 saturated heterocycles. The van der Waals surface area contributed by atoms with E-state index in [4.69, 9.17) is 4.74 Å². The van der Waals surface area contributed by atoms with Gasteiger partial charge in [-0.1, -0.05) is 18.2 Å². The van der Waals surface area contributed by atoms with Crippen LogP contribution in [0.2, 0.25) is 0 Å². The summed E-state index contributed by atoms with van der Waals surface area (Å²) in [6.45, 7) is 0. The van der Waals surface area contributed by atoms with Gasteiger partial charge in [0.1, 0.15) is 11.6 Å². The van der Waals surface area contributed by atoms with Crippen LogP contribution in [0.25, 0.3) is 10.1 Å². The summed E-state index contributed by atoms with van der Waals surface area (Å²) in [5.41, 5.74) is 1.07. The maximum atomic E-state index is 13.9. The van der Waals surface area contributed by atoms with Crippen molar-refractivity contribution >= 4 is 27.3 Å². The standard InChI is InChI=1S/C20H18FNO2S/c1-24-14-9-7-13(8-10-14)19(12-5-6-12)22-20(23)18-11-15-16(21)3-2-4-17(15)25-18/h2-4,7-12,19H,5-6H2,1H3,(H,22,23). The molecule has 4 rings (SSSR count). The number of nitrogens with one attached hydrogen (secondary N) is 1. The van der Waals surface area contributed by atoms with Crippen molar-refractivity contribution in [2.45, 2.75) is 18.9 Å². The molecule has 1 aliphatic carbocycles. The Bertz CT molecular complexity index is 915. The monoisotopic (exact) mass is 355 g/mol. The molecule has 1 aromatic heterocycles. The van der Waals surface area contributed by atoms with Crippen LogP contribution in [0.4, 0.5) is 4.39 Å². The number of hydrogen-bond donors (Lipinski definition) is 1. The third-order valence-corrected chi connectivity index (χ3v) is 5.69. The SMILES string of the molecule is COc1ccc(C(NC(=O)c2cc3c(F)cccc3s2)C2CC2)cc1. The number of carbonyl (C=O) groups excluding carboxylic acids is 1. The van der Waals surface area contributed by atoms with E-state index in [2.05, 4.69) is 5.32 Å². The van der Waals surface area contributed by atoms with Crippen molar-refractivity contribution in [3.05, 3.63) is 64.8 Å². The van der Waals surface area contributed by atoms with Crippen LogP contribution in [0.3, 0.4) is 0 Å². The summed E-state index contributed by atoms with van der Waals surface area (Å²) in [5, 5.41) is 3.64. The summed E-state index contributed by atoms with van der Waals surface area (Å²) in [6.07, 6.45) is 2.22. The summed E-state index contributed by atoms with van der Waals surface area (Å²) in [4.78, 5) is 13.3. The van der Waals surface area contributed by atoms with E-state index in [1.54, 1.807) is 19.2 Å². The minimum atomic E-state index is -0.290. The first-order chi connectivity index (χ1) is 12.2. The van der Waals surface area contributed by atoms with Gasteiger partial charge in [0.15, 0.2) is 0 Å². The zero-order valence-electron chi connectivity index (χ0n) is 13.8. The average Bonchev–Trinajstić information content (AvgIpc) is 3.37. The van der Waals surface area contributed by atoms with Crippen molar-refractivity contribution in [3.63, 3.8) is 0 Å². The normalized spacial score (nSPS) is 15.1. The highest BCUT2D eigenvalue weighted by Gasteiger charge is 2.33. The predicted molar refractivity (Wildman–Crippen MR) is 97.7 cm³/mol. The number of halogens is 1. The highest BCUT2D eigenvalue weighted by atomic mass is 32.1. The Hall–Kier alpha value is -2.40. The van der Waals surface area contributed by atoms with Gasteiger partial charge in [0.25, 0.3) is 5.91 Å². The molecule has 1 aliphatic rings. The summed E-state index contributed by atoms with van der Waals surface area (Å²) in [6, 6.07) is 14.3. The number of amides is 1. The molecular formula is C20H18FNO2S. The van der Waals surface area contributed by atoms with Crippen molar-refractivity contribution in [1.82, 2.24) is 5.32 Å².